The molecule has 0 saturated heterocycles. The number of carboxylic acid groups (broad SMARTS) is 1. The number of rotatable bonds is 8. The number of nitrogens with zero attached hydrogens (tertiary/aromatic N) is 4. The van der Waals surface area contributed by atoms with Crippen LogP contribution in [-0.2, 0) is 13.5 Å². The minimum absolute atomic E-state index is 0.111. The number of halogens is 2. The Kier molecular flexibility index (Phi) is 8.24. The minimum atomic E-state index is -1.08. The van der Waals surface area contributed by atoms with Crippen molar-refractivity contribution in [3.63, 3.8) is 0 Å². The summed E-state index contributed by atoms with van der Waals surface area (Å²) in [7, 11) is 1.81. The summed E-state index contributed by atoms with van der Waals surface area (Å²) in [5, 5.41) is 20.8. The summed E-state index contributed by atoms with van der Waals surface area (Å²) in [6, 6.07) is 14.9. The molecule has 2 N–H and O–H groups in total. The third kappa shape index (κ3) is 5.18. The Morgan fingerprint density at radius 1 is 1.04 bits per heavy atom. The van der Waals surface area contributed by atoms with Gasteiger partial charge in [-0.1, -0.05) is 47.5 Å². The number of H-pyrrole nitrogens is 1. The first-order valence-corrected chi connectivity index (χ1v) is 17.1. The van der Waals surface area contributed by atoms with Crippen molar-refractivity contribution in [1.82, 2.24) is 19.3 Å². The maximum absolute atomic E-state index is 14.9. The van der Waals surface area contributed by atoms with E-state index in [2.05, 4.69) is 21.7 Å². The highest BCUT2D eigenvalue weighted by atomic mass is 35.5. The van der Waals surface area contributed by atoms with Crippen LogP contribution in [0.15, 0.2) is 48.5 Å². The molecule has 49 heavy (non-hydrogen) atoms. The molecule has 1 atom stereocenters. The van der Waals surface area contributed by atoms with Gasteiger partial charge >= 0.3 is 5.97 Å². The lowest BCUT2D eigenvalue weighted by atomic mass is 9.98. The third-order valence-electron chi connectivity index (χ3n) is 9.73. The number of hydrogen-bond donors (Lipinski definition) is 2. The first-order chi connectivity index (χ1) is 23.4. The maximum Gasteiger partial charge on any atom is 0.340 e. The SMILES string of the molecule is Cc1cc(OCCCc2c3n(c4c(-c5c(C)n[nH]c5C)c(Cl)ccc24)[C@H](C)CN(c2c(C(=O)O)c4ccccc4n2C)C3=O)cc(C)c1Cl. The van der Waals surface area contributed by atoms with Gasteiger partial charge in [-0.15, -0.1) is 0 Å². The summed E-state index contributed by atoms with van der Waals surface area (Å²) in [4.78, 5) is 29.3. The summed E-state index contributed by atoms with van der Waals surface area (Å²) in [5.74, 6) is -0.228. The van der Waals surface area contributed by atoms with Gasteiger partial charge in [0.25, 0.3) is 5.91 Å². The zero-order chi connectivity index (χ0) is 34.9. The molecule has 0 spiro atoms. The van der Waals surface area contributed by atoms with E-state index in [0.717, 1.165) is 66.4 Å². The van der Waals surface area contributed by atoms with Crippen LogP contribution >= 0.6 is 23.2 Å². The van der Waals surface area contributed by atoms with E-state index in [4.69, 9.17) is 27.9 Å². The van der Waals surface area contributed by atoms with Gasteiger partial charge in [0.05, 0.1) is 28.4 Å². The average molecular weight is 699 g/mol. The molecule has 9 nitrogen and oxygen atoms in total. The number of amides is 1. The van der Waals surface area contributed by atoms with E-state index in [-0.39, 0.29) is 24.1 Å². The first-order valence-electron chi connectivity index (χ1n) is 16.3. The molecule has 6 aromatic rings. The summed E-state index contributed by atoms with van der Waals surface area (Å²) >= 11 is 13.4. The normalized spacial score (nSPS) is 14.7. The number of nitrogens with one attached hydrogen (secondary N) is 1. The second kappa shape index (κ2) is 12.3. The number of aryl methyl sites for hydroxylation is 6. The Bertz CT molecular complexity index is 2290. The topological polar surface area (TPSA) is 105 Å². The Morgan fingerprint density at radius 3 is 2.43 bits per heavy atom. The van der Waals surface area contributed by atoms with Crippen molar-refractivity contribution in [2.24, 2.45) is 7.05 Å². The van der Waals surface area contributed by atoms with E-state index in [1.807, 2.05) is 81.8 Å². The fourth-order valence-electron chi connectivity index (χ4n) is 7.60. The van der Waals surface area contributed by atoms with Crippen molar-refractivity contribution < 1.29 is 19.4 Å². The van der Waals surface area contributed by atoms with Crippen molar-refractivity contribution in [1.29, 1.82) is 0 Å². The van der Waals surface area contributed by atoms with Crippen LogP contribution in [0.4, 0.5) is 5.82 Å². The third-order valence-corrected chi connectivity index (χ3v) is 10.6. The van der Waals surface area contributed by atoms with Gasteiger partial charge in [0.15, 0.2) is 0 Å². The Morgan fingerprint density at radius 2 is 1.76 bits per heavy atom. The van der Waals surface area contributed by atoms with E-state index in [1.54, 1.807) is 11.0 Å². The predicted octanol–water partition coefficient (Wildman–Crippen LogP) is 8.99. The number of ether oxygens (including phenoxy) is 1. The molecule has 0 fully saturated rings. The summed E-state index contributed by atoms with van der Waals surface area (Å²) < 4.78 is 10.1. The molecule has 3 aromatic heterocycles. The highest BCUT2D eigenvalue weighted by Gasteiger charge is 2.39. The van der Waals surface area contributed by atoms with Gasteiger partial charge in [0, 0.05) is 52.3 Å². The number of hydrogen-bond acceptors (Lipinski definition) is 4. The lowest BCUT2D eigenvalue weighted by Crippen LogP contribution is -2.44. The number of carboxylic acids is 1. The molecule has 1 amide bonds. The van der Waals surface area contributed by atoms with Crippen molar-refractivity contribution in [3.8, 4) is 16.9 Å². The number of anilines is 1. The number of benzene rings is 3. The van der Waals surface area contributed by atoms with E-state index < -0.39 is 5.97 Å². The molecule has 0 aliphatic carbocycles. The van der Waals surface area contributed by atoms with Crippen LogP contribution in [0.3, 0.4) is 0 Å². The van der Waals surface area contributed by atoms with Crippen molar-refractivity contribution >= 4 is 62.7 Å². The van der Waals surface area contributed by atoms with Gasteiger partial charge in [-0.3, -0.25) is 14.8 Å². The molecule has 1 aliphatic rings. The second-order valence-electron chi connectivity index (χ2n) is 13.0. The molecule has 0 bridgehead atoms. The van der Waals surface area contributed by atoms with Gasteiger partial charge in [-0.2, -0.15) is 5.10 Å². The molecule has 1 aliphatic heterocycles. The standard InChI is InChI=1S/C38H37Cl2N5O4/c1-19-16-24(17-20(2)33(19)40)49-15-9-11-25-26-13-14-28(39)32(30-22(4)41-42-23(30)5)34(26)45-21(3)18-44(37(46)35(25)45)36-31(38(47)48)27-10-7-8-12-29(27)43(36)6/h7-8,10,12-14,16-17,21H,9,11,15,18H2,1-6H3,(H,41,42)(H,47,48)/t21-/m1/s1. The van der Waals surface area contributed by atoms with E-state index in [1.165, 1.54) is 0 Å². The molecule has 3 aromatic carbocycles. The number of carbonyl (C=O) groups is 2. The fraction of sp³-hybridized carbons (Fsp3) is 0.289. The van der Waals surface area contributed by atoms with Crippen molar-refractivity contribution in [2.45, 2.75) is 53.5 Å². The van der Waals surface area contributed by atoms with Crippen LogP contribution in [-0.4, -0.2) is 49.5 Å². The Labute approximate surface area is 294 Å². The monoisotopic (exact) mass is 697 g/mol. The number of aromatic amines is 1. The molecular weight excluding hydrogens is 661 g/mol. The summed E-state index contributed by atoms with van der Waals surface area (Å²) in [5.41, 5.74) is 8.43. The van der Waals surface area contributed by atoms with E-state index in [0.29, 0.717) is 41.4 Å². The van der Waals surface area contributed by atoms with Crippen LogP contribution in [0.5, 0.6) is 5.75 Å². The number of aromatic carboxylic acids is 1. The predicted molar refractivity (Wildman–Crippen MR) is 195 cm³/mol. The van der Waals surface area contributed by atoms with Gasteiger partial charge in [-0.25, -0.2) is 4.79 Å². The van der Waals surface area contributed by atoms with Crippen LogP contribution in [0.2, 0.25) is 10.0 Å². The molecule has 0 radical (unpaired) electrons. The first kappa shape index (κ1) is 32.8. The number of para-hydroxylation sites is 1. The molecule has 11 heteroatoms. The molecular formula is C38H37Cl2N5O4. The summed E-state index contributed by atoms with van der Waals surface area (Å²) in [6.45, 7) is 10.6. The van der Waals surface area contributed by atoms with Crippen molar-refractivity contribution in [3.05, 3.63) is 97.9 Å². The summed E-state index contributed by atoms with van der Waals surface area (Å²) in [6.07, 6.45) is 1.17. The fourth-order valence-corrected chi connectivity index (χ4v) is 7.96. The maximum atomic E-state index is 14.9. The average Bonchev–Trinajstić information content (AvgIpc) is 3.68. The lowest BCUT2D eigenvalue weighted by Gasteiger charge is -2.34. The van der Waals surface area contributed by atoms with E-state index >= 15 is 0 Å². The molecule has 7 rings (SSSR count). The van der Waals surface area contributed by atoms with Crippen LogP contribution < -0.4 is 9.64 Å². The zero-order valence-electron chi connectivity index (χ0n) is 28.2. The molecule has 0 unspecified atom stereocenters. The Balaban J connectivity index is 1.39. The molecule has 0 saturated carbocycles. The number of fused-ring (bicyclic) bond motifs is 4. The highest BCUT2D eigenvalue weighted by molar-refractivity contribution is 6.35. The minimum Gasteiger partial charge on any atom is -0.494 e. The van der Waals surface area contributed by atoms with E-state index in [9.17, 15) is 14.7 Å². The second-order valence-corrected chi connectivity index (χ2v) is 13.8. The van der Waals surface area contributed by atoms with Gasteiger partial charge < -0.3 is 19.0 Å². The van der Waals surface area contributed by atoms with Crippen LogP contribution in [0.1, 0.15) is 68.3 Å². The van der Waals surface area contributed by atoms with Crippen LogP contribution in [0.25, 0.3) is 32.9 Å². The molecule has 4 heterocycles. The number of carbonyl (C=O) groups excluding carboxylic acids is 1. The largest absolute Gasteiger partial charge is 0.494 e. The zero-order valence-corrected chi connectivity index (χ0v) is 29.8. The molecule has 252 valence electrons. The quantitative estimate of drug-likeness (QED) is 0.155. The van der Waals surface area contributed by atoms with Gasteiger partial charge in [-0.05, 0) is 88.4 Å². The Hall–Kier alpha value is -4.73. The lowest BCUT2D eigenvalue weighted by molar-refractivity contribution is 0.0699. The van der Waals surface area contributed by atoms with Gasteiger partial charge in [0.2, 0.25) is 0 Å². The smallest absolute Gasteiger partial charge is 0.340 e. The van der Waals surface area contributed by atoms with Gasteiger partial charge in [0.1, 0.15) is 22.8 Å². The highest BCUT2D eigenvalue weighted by Crippen LogP contribution is 2.45. The van der Waals surface area contributed by atoms with Crippen LogP contribution in [0, 0.1) is 27.7 Å². The number of aromatic nitrogens is 4. The van der Waals surface area contributed by atoms with Crippen molar-refractivity contribution in [2.75, 3.05) is 18.1 Å².